The first-order valence-corrected chi connectivity index (χ1v) is 6.26. The van der Waals surface area contributed by atoms with Gasteiger partial charge < -0.3 is 14.6 Å². The summed E-state index contributed by atoms with van der Waals surface area (Å²) in [6.07, 6.45) is 7.27. The van der Waals surface area contributed by atoms with Gasteiger partial charge in [-0.15, -0.1) is 0 Å². The van der Waals surface area contributed by atoms with Crippen molar-refractivity contribution >= 4 is 0 Å². The molecule has 2 atom stereocenters. The molecular weight excluding hydrogens is 192 g/mol. The monoisotopic (exact) mass is 214 g/mol. The molecule has 1 aliphatic heterocycles. The summed E-state index contributed by atoms with van der Waals surface area (Å²) in [5.74, 6) is 1.28. The molecule has 2 unspecified atom stereocenters. The molecule has 3 nitrogen and oxygen atoms in total. The average molecular weight is 214 g/mol. The van der Waals surface area contributed by atoms with Gasteiger partial charge in [-0.25, -0.2) is 0 Å². The molecule has 15 heavy (non-hydrogen) atoms. The lowest BCUT2D eigenvalue weighted by atomic mass is 9.76. The Balaban J connectivity index is 1.86. The van der Waals surface area contributed by atoms with Crippen molar-refractivity contribution in [1.82, 2.24) is 0 Å². The highest BCUT2D eigenvalue weighted by atomic mass is 16.7. The Morgan fingerprint density at radius 3 is 2.53 bits per heavy atom. The van der Waals surface area contributed by atoms with Gasteiger partial charge in [0.05, 0.1) is 13.2 Å². The number of rotatable bonds is 4. The molecule has 3 heteroatoms. The van der Waals surface area contributed by atoms with Crippen LogP contribution in [0.25, 0.3) is 0 Å². The van der Waals surface area contributed by atoms with E-state index in [9.17, 15) is 0 Å². The molecule has 2 fully saturated rings. The van der Waals surface area contributed by atoms with Gasteiger partial charge in [0, 0.05) is 12.5 Å². The molecule has 0 aromatic rings. The van der Waals surface area contributed by atoms with E-state index in [2.05, 4.69) is 0 Å². The molecule has 0 bridgehead atoms. The molecule has 2 aliphatic rings. The van der Waals surface area contributed by atoms with Crippen molar-refractivity contribution in [3.8, 4) is 0 Å². The fourth-order valence-electron chi connectivity index (χ4n) is 2.93. The van der Waals surface area contributed by atoms with Crippen molar-refractivity contribution in [3.05, 3.63) is 0 Å². The van der Waals surface area contributed by atoms with Crippen molar-refractivity contribution in [3.63, 3.8) is 0 Å². The molecule has 88 valence electrons. The zero-order chi connectivity index (χ0) is 10.5. The van der Waals surface area contributed by atoms with Gasteiger partial charge in [-0.1, -0.05) is 12.8 Å². The topological polar surface area (TPSA) is 38.7 Å². The standard InChI is InChI=1S/C12H22O3/c13-7-3-5-10-4-1-2-6-11(10)12-14-8-9-15-12/h10-13H,1-9H2. The van der Waals surface area contributed by atoms with Crippen LogP contribution in [0.15, 0.2) is 0 Å². The van der Waals surface area contributed by atoms with E-state index in [0.717, 1.165) is 26.1 Å². The molecule has 1 saturated carbocycles. The summed E-state index contributed by atoms with van der Waals surface area (Å²) in [5, 5.41) is 8.89. The third kappa shape index (κ3) is 2.92. The Morgan fingerprint density at radius 2 is 1.80 bits per heavy atom. The van der Waals surface area contributed by atoms with Crippen LogP contribution in [0.1, 0.15) is 38.5 Å². The maximum Gasteiger partial charge on any atom is 0.160 e. The van der Waals surface area contributed by atoms with Crippen molar-refractivity contribution < 1.29 is 14.6 Å². The Kier molecular flexibility index (Phi) is 4.42. The second-order valence-corrected chi connectivity index (χ2v) is 4.68. The number of aliphatic hydroxyl groups is 1. The summed E-state index contributed by atoms with van der Waals surface area (Å²) in [4.78, 5) is 0. The third-order valence-corrected chi connectivity index (χ3v) is 3.70. The maximum absolute atomic E-state index is 8.89. The Hall–Kier alpha value is -0.120. The molecule has 1 heterocycles. The SMILES string of the molecule is OCCCC1CCCCC1C1OCCO1. The van der Waals surface area contributed by atoms with Gasteiger partial charge in [-0.3, -0.25) is 0 Å². The predicted molar refractivity (Wildman–Crippen MR) is 57.5 cm³/mol. The molecule has 0 aromatic heterocycles. The molecular formula is C12H22O3. The minimum atomic E-state index is 0.0500. The third-order valence-electron chi connectivity index (χ3n) is 3.70. The van der Waals surface area contributed by atoms with Crippen LogP contribution in [-0.4, -0.2) is 31.2 Å². The molecule has 0 amide bonds. The summed E-state index contributed by atoms with van der Waals surface area (Å²) in [7, 11) is 0. The number of aliphatic hydroxyl groups excluding tert-OH is 1. The summed E-state index contributed by atoms with van der Waals surface area (Å²) in [5.41, 5.74) is 0. The van der Waals surface area contributed by atoms with Gasteiger partial charge >= 0.3 is 0 Å². The number of ether oxygens (including phenoxy) is 2. The maximum atomic E-state index is 8.89. The Morgan fingerprint density at radius 1 is 1.07 bits per heavy atom. The van der Waals surface area contributed by atoms with E-state index in [1.165, 1.54) is 25.7 Å². The summed E-state index contributed by atoms with van der Waals surface area (Å²) in [6.45, 7) is 1.83. The summed E-state index contributed by atoms with van der Waals surface area (Å²) >= 11 is 0. The number of hydrogen-bond donors (Lipinski definition) is 1. The van der Waals surface area contributed by atoms with Crippen LogP contribution < -0.4 is 0 Å². The largest absolute Gasteiger partial charge is 0.396 e. The van der Waals surface area contributed by atoms with E-state index < -0.39 is 0 Å². The van der Waals surface area contributed by atoms with Gasteiger partial charge in [0.25, 0.3) is 0 Å². The van der Waals surface area contributed by atoms with Gasteiger partial charge in [0.1, 0.15) is 0 Å². The van der Waals surface area contributed by atoms with E-state index in [0.29, 0.717) is 18.4 Å². The molecule has 1 saturated heterocycles. The van der Waals surface area contributed by atoms with Crippen LogP contribution in [0.3, 0.4) is 0 Å². The van der Waals surface area contributed by atoms with Gasteiger partial charge in [0.15, 0.2) is 6.29 Å². The lowest BCUT2D eigenvalue weighted by molar-refractivity contribution is -0.110. The first-order chi connectivity index (χ1) is 7.42. The normalized spacial score (nSPS) is 33.4. The molecule has 0 spiro atoms. The van der Waals surface area contributed by atoms with E-state index in [1.807, 2.05) is 0 Å². The molecule has 0 aromatic carbocycles. The average Bonchev–Trinajstić information content (AvgIpc) is 2.80. The van der Waals surface area contributed by atoms with Crippen molar-refractivity contribution in [2.75, 3.05) is 19.8 Å². The zero-order valence-corrected chi connectivity index (χ0v) is 9.36. The van der Waals surface area contributed by atoms with E-state index in [1.54, 1.807) is 0 Å². The lowest BCUT2D eigenvalue weighted by Crippen LogP contribution is -2.31. The summed E-state index contributed by atoms with van der Waals surface area (Å²) in [6, 6.07) is 0. The van der Waals surface area contributed by atoms with Crippen LogP contribution in [0.2, 0.25) is 0 Å². The quantitative estimate of drug-likeness (QED) is 0.777. The van der Waals surface area contributed by atoms with Crippen molar-refractivity contribution in [1.29, 1.82) is 0 Å². The van der Waals surface area contributed by atoms with Gasteiger partial charge in [-0.2, -0.15) is 0 Å². The smallest absolute Gasteiger partial charge is 0.160 e. The number of hydrogen-bond acceptors (Lipinski definition) is 3. The first kappa shape index (κ1) is 11.4. The van der Waals surface area contributed by atoms with Crippen LogP contribution in [-0.2, 0) is 9.47 Å². The van der Waals surface area contributed by atoms with Gasteiger partial charge in [-0.05, 0) is 31.6 Å². The zero-order valence-electron chi connectivity index (χ0n) is 9.36. The molecule has 1 aliphatic carbocycles. The predicted octanol–water partition coefficient (Wildman–Crippen LogP) is 1.94. The van der Waals surface area contributed by atoms with Gasteiger partial charge in [0.2, 0.25) is 0 Å². The minimum Gasteiger partial charge on any atom is -0.396 e. The van der Waals surface area contributed by atoms with Crippen LogP contribution in [0, 0.1) is 11.8 Å². The van der Waals surface area contributed by atoms with Crippen molar-refractivity contribution in [2.24, 2.45) is 11.8 Å². The fraction of sp³-hybridized carbons (Fsp3) is 1.00. The van der Waals surface area contributed by atoms with Crippen molar-refractivity contribution in [2.45, 2.75) is 44.8 Å². The lowest BCUT2D eigenvalue weighted by Gasteiger charge is -2.34. The highest BCUT2D eigenvalue weighted by Gasteiger charge is 2.34. The van der Waals surface area contributed by atoms with E-state index >= 15 is 0 Å². The second-order valence-electron chi connectivity index (χ2n) is 4.68. The van der Waals surface area contributed by atoms with Crippen LogP contribution in [0.5, 0.6) is 0 Å². The highest BCUT2D eigenvalue weighted by Crippen LogP contribution is 2.37. The Bertz CT molecular complexity index is 178. The van der Waals surface area contributed by atoms with E-state index in [4.69, 9.17) is 14.6 Å². The van der Waals surface area contributed by atoms with Crippen LogP contribution in [0.4, 0.5) is 0 Å². The molecule has 1 N–H and O–H groups in total. The molecule has 0 radical (unpaired) electrons. The Labute approximate surface area is 91.8 Å². The highest BCUT2D eigenvalue weighted by molar-refractivity contribution is 4.79. The first-order valence-electron chi connectivity index (χ1n) is 6.26. The van der Waals surface area contributed by atoms with Crippen LogP contribution >= 0.6 is 0 Å². The van der Waals surface area contributed by atoms with E-state index in [-0.39, 0.29) is 6.29 Å². The molecule has 2 rings (SSSR count). The fourth-order valence-corrected chi connectivity index (χ4v) is 2.93. The second kappa shape index (κ2) is 5.83. The summed E-state index contributed by atoms with van der Waals surface area (Å²) < 4.78 is 11.2. The minimum absolute atomic E-state index is 0.0500.